The Morgan fingerprint density at radius 2 is 1.69 bits per heavy atom. The van der Waals surface area contributed by atoms with Gasteiger partial charge in [0.25, 0.3) is 0 Å². The molecule has 26 heavy (non-hydrogen) atoms. The highest BCUT2D eigenvalue weighted by molar-refractivity contribution is 7.99. The minimum Gasteiger partial charge on any atom is -0.464 e. The second-order valence-corrected chi connectivity index (χ2v) is 6.97. The van der Waals surface area contributed by atoms with Gasteiger partial charge in [0.05, 0.1) is 19.0 Å². The zero-order valence-electron chi connectivity index (χ0n) is 15.6. The first-order chi connectivity index (χ1) is 12.3. The van der Waals surface area contributed by atoms with Crippen LogP contribution in [0.4, 0.5) is 4.79 Å². The van der Waals surface area contributed by atoms with Crippen molar-refractivity contribution in [1.29, 1.82) is 0 Å². The van der Waals surface area contributed by atoms with E-state index in [0.717, 1.165) is 6.42 Å². The van der Waals surface area contributed by atoms with Gasteiger partial charge in [-0.1, -0.05) is 20.8 Å². The first kappa shape index (κ1) is 24.0. The number of carbonyl (C=O) groups is 4. The third-order valence-electron chi connectivity index (χ3n) is 3.43. The van der Waals surface area contributed by atoms with Crippen molar-refractivity contribution in [2.45, 2.75) is 27.2 Å². The molecule has 2 unspecified atom stereocenters. The van der Waals surface area contributed by atoms with Crippen LogP contribution in [0, 0.1) is 11.8 Å². The van der Waals surface area contributed by atoms with Gasteiger partial charge >= 0.3 is 12.0 Å². The predicted octanol–water partition coefficient (Wildman–Crippen LogP) is -0.154. The fourth-order valence-electron chi connectivity index (χ4n) is 1.61. The zero-order chi connectivity index (χ0) is 19.9. The summed E-state index contributed by atoms with van der Waals surface area (Å²) in [4.78, 5) is 45.2. The number of nitrogens with one attached hydrogen (secondary N) is 3. The normalized spacial score (nSPS) is 12.6. The first-order valence-electron chi connectivity index (χ1n) is 8.60. The van der Waals surface area contributed by atoms with Crippen LogP contribution in [0.15, 0.2) is 0 Å². The summed E-state index contributed by atoms with van der Waals surface area (Å²) in [5, 5.41) is 7.72. The van der Waals surface area contributed by atoms with Gasteiger partial charge in [0.15, 0.2) is 0 Å². The number of amides is 4. The van der Waals surface area contributed by atoms with Crippen LogP contribution in [0.1, 0.15) is 27.2 Å². The minimum absolute atomic E-state index is 0.138. The third kappa shape index (κ3) is 12.4. The molecule has 4 amide bonds. The van der Waals surface area contributed by atoms with Crippen LogP contribution < -0.4 is 21.7 Å². The molecule has 0 fully saturated rings. The van der Waals surface area contributed by atoms with E-state index in [2.05, 4.69) is 16.0 Å². The fourth-order valence-corrected chi connectivity index (χ4v) is 2.53. The lowest BCUT2D eigenvalue weighted by atomic mass is 10.1. The van der Waals surface area contributed by atoms with Crippen molar-refractivity contribution in [3.05, 3.63) is 0 Å². The van der Waals surface area contributed by atoms with Gasteiger partial charge < -0.3 is 26.4 Å². The molecule has 0 saturated carbocycles. The molecule has 0 spiro atoms. The van der Waals surface area contributed by atoms with E-state index in [1.54, 1.807) is 13.8 Å². The maximum atomic E-state index is 11.6. The van der Waals surface area contributed by atoms with E-state index in [9.17, 15) is 19.2 Å². The second-order valence-electron chi connectivity index (χ2n) is 5.82. The average Bonchev–Trinajstić information content (AvgIpc) is 2.61. The Morgan fingerprint density at radius 3 is 2.31 bits per heavy atom. The van der Waals surface area contributed by atoms with E-state index in [1.807, 2.05) is 6.92 Å². The standard InChI is InChI=1S/C16H30N4O5S/c1-4-11(2)15(23)25-7-5-18-16(24)19-6-8-26-10-12(3)14(22)20-9-13(17)21/h11-12H,4-10H2,1-3H3,(H2,17,21)(H,20,22)(H2,18,19,24). The van der Waals surface area contributed by atoms with Gasteiger partial charge in [-0.15, -0.1) is 0 Å². The summed E-state index contributed by atoms with van der Waals surface area (Å²) in [6.45, 7) is 6.12. The number of rotatable bonds is 13. The molecule has 0 bridgehead atoms. The van der Waals surface area contributed by atoms with Crippen molar-refractivity contribution in [3.63, 3.8) is 0 Å². The quantitative estimate of drug-likeness (QED) is 0.255. The zero-order valence-corrected chi connectivity index (χ0v) is 16.4. The molecule has 2 atom stereocenters. The van der Waals surface area contributed by atoms with Crippen molar-refractivity contribution in [2.24, 2.45) is 17.6 Å². The molecule has 0 aromatic rings. The molecule has 0 saturated heterocycles. The smallest absolute Gasteiger partial charge is 0.314 e. The van der Waals surface area contributed by atoms with E-state index in [-0.39, 0.29) is 49.4 Å². The number of carbonyl (C=O) groups excluding carboxylic acids is 4. The molecule has 0 aromatic carbocycles. The van der Waals surface area contributed by atoms with Gasteiger partial charge in [0.1, 0.15) is 6.61 Å². The van der Waals surface area contributed by atoms with Gasteiger partial charge in [-0.3, -0.25) is 14.4 Å². The van der Waals surface area contributed by atoms with E-state index in [4.69, 9.17) is 10.5 Å². The van der Waals surface area contributed by atoms with Crippen molar-refractivity contribution < 1.29 is 23.9 Å². The minimum atomic E-state index is -0.581. The van der Waals surface area contributed by atoms with Crippen LogP contribution in [-0.2, 0) is 19.1 Å². The lowest BCUT2D eigenvalue weighted by Crippen LogP contribution is -2.39. The summed E-state index contributed by atoms with van der Waals surface area (Å²) >= 11 is 1.52. The van der Waals surface area contributed by atoms with Crippen LogP contribution in [0.2, 0.25) is 0 Å². The van der Waals surface area contributed by atoms with Crippen LogP contribution in [0.5, 0.6) is 0 Å². The summed E-state index contributed by atoms with van der Waals surface area (Å²) in [6.07, 6.45) is 0.718. The summed E-state index contributed by atoms with van der Waals surface area (Å²) < 4.78 is 5.02. The molecule has 0 rings (SSSR count). The molecule has 0 aliphatic carbocycles. The Labute approximate surface area is 158 Å². The maximum Gasteiger partial charge on any atom is 0.314 e. The lowest BCUT2D eigenvalue weighted by Gasteiger charge is -2.12. The molecule has 9 nitrogen and oxygen atoms in total. The molecular formula is C16H30N4O5S. The van der Waals surface area contributed by atoms with E-state index in [0.29, 0.717) is 18.1 Å². The molecule has 0 aliphatic rings. The summed E-state index contributed by atoms with van der Waals surface area (Å²) in [7, 11) is 0. The summed E-state index contributed by atoms with van der Waals surface area (Å²) in [6, 6.07) is -0.336. The third-order valence-corrected chi connectivity index (χ3v) is 4.66. The topological polar surface area (TPSA) is 140 Å². The summed E-state index contributed by atoms with van der Waals surface area (Å²) in [5.74, 6) is -0.254. The molecule has 0 aromatic heterocycles. The number of nitrogens with two attached hydrogens (primary N) is 1. The number of primary amides is 1. The Kier molecular flexibility index (Phi) is 13.1. The van der Waals surface area contributed by atoms with Crippen LogP contribution >= 0.6 is 11.8 Å². The largest absolute Gasteiger partial charge is 0.464 e. The Hall–Kier alpha value is -1.97. The number of thioether (sulfide) groups is 1. The molecule has 10 heteroatoms. The number of urea groups is 1. The van der Waals surface area contributed by atoms with Crippen molar-refractivity contribution >= 4 is 35.6 Å². The van der Waals surface area contributed by atoms with E-state index in [1.165, 1.54) is 11.8 Å². The van der Waals surface area contributed by atoms with Crippen LogP contribution in [0.25, 0.3) is 0 Å². The van der Waals surface area contributed by atoms with Crippen LogP contribution in [-0.4, -0.2) is 61.6 Å². The molecule has 0 radical (unpaired) electrons. The number of esters is 1. The molecular weight excluding hydrogens is 360 g/mol. The van der Waals surface area contributed by atoms with Crippen LogP contribution in [0.3, 0.4) is 0 Å². The van der Waals surface area contributed by atoms with Crippen molar-refractivity contribution in [3.8, 4) is 0 Å². The monoisotopic (exact) mass is 390 g/mol. The Morgan fingerprint density at radius 1 is 1.04 bits per heavy atom. The molecule has 0 aliphatic heterocycles. The highest BCUT2D eigenvalue weighted by Crippen LogP contribution is 2.07. The van der Waals surface area contributed by atoms with Gasteiger partial charge in [-0.05, 0) is 6.42 Å². The Balaban J connectivity index is 3.63. The van der Waals surface area contributed by atoms with Gasteiger partial charge in [-0.25, -0.2) is 4.79 Å². The molecule has 0 heterocycles. The van der Waals surface area contributed by atoms with E-state index < -0.39 is 5.91 Å². The predicted molar refractivity (Wildman–Crippen MR) is 101 cm³/mol. The fraction of sp³-hybridized carbons (Fsp3) is 0.750. The number of hydrogen-bond donors (Lipinski definition) is 4. The van der Waals surface area contributed by atoms with Gasteiger partial charge in [0, 0.05) is 24.0 Å². The van der Waals surface area contributed by atoms with E-state index >= 15 is 0 Å². The summed E-state index contributed by atoms with van der Waals surface area (Å²) in [5.41, 5.74) is 4.96. The molecule has 5 N–H and O–H groups in total. The highest BCUT2D eigenvalue weighted by Gasteiger charge is 2.13. The number of ether oxygens (including phenoxy) is 1. The van der Waals surface area contributed by atoms with Crippen molar-refractivity contribution in [2.75, 3.05) is 37.7 Å². The number of hydrogen-bond acceptors (Lipinski definition) is 6. The van der Waals surface area contributed by atoms with Gasteiger partial charge in [0.2, 0.25) is 11.8 Å². The first-order valence-corrected chi connectivity index (χ1v) is 9.75. The highest BCUT2D eigenvalue weighted by atomic mass is 32.2. The average molecular weight is 391 g/mol. The maximum absolute atomic E-state index is 11.6. The lowest BCUT2D eigenvalue weighted by molar-refractivity contribution is -0.147. The second kappa shape index (κ2) is 14.2. The van der Waals surface area contributed by atoms with Gasteiger partial charge in [-0.2, -0.15) is 11.8 Å². The van der Waals surface area contributed by atoms with Crippen molar-refractivity contribution in [1.82, 2.24) is 16.0 Å². The SMILES string of the molecule is CCC(C)C(=O)OCCNC(=O)NCCSCC(C)C(=O)NCC(N)=O. The molecule has 150 valence electrons. The Bertz CT molecular complexity index is 476.